The van der Waals surface area contributed by atoms with Crippen LogP contribution < -0.4 is 10.6 Å². The molecule has 0 spiro atoms. The summed E-state index contributed by atoms with van der Waals surface area (Å²) in [6.45, 7) is 0.569. The Balaban J connectivity index is 1.43. The van der Waals surface area contributed by atoms with Crippen molar-refractivity contribution in [3.8, 4) is 0 Å². The van der Waals surface area contributed by atoms with Crippen molar-refractivity contribution in [2.75, 3.05) is 5.32 Å². The van der Waals surface area contributed by atoms with Crippen molar-refractivity contribution in [3.63, 3.8) is 0 Å². The van der Waals surface area contributed by atoms with Gasteiger partial charge in [0.2, 0.25) is 0 Å². The minimum atomic E-state index is -0.757. The zero-order valence-corrected chi connectivity index (χ0v) is 15.8. The molecule has 0 saturated heterocycles. The van der Waals surface area contributed by atoms with Gasteiger partial charge < -0.3 is 15.7 Å². The second-order valence-electron chi connectivity index (χ2n) is 7.21. The number of fused-ring (bicyclic) bond motifs is 1. The molecule has 0 aromatic carbocycles. The molecule has 1 aliphatic rings. The van der Waals surface area contributed by atoms with E-state index < -0.39 is 5.97 Å². The number of nitrogens with zero attached hydrogens (tertiary/aromatic N) is 4. The molecule has 29 heavy (non-hydrogen) atoms. The van der Waals surface area contributed by atoms with Crippen LogP contribution >= 0.6 is 0 Å². The predicted octanol–water partition coefficient (Wildman–Crippen LogP) is 2.11. The van der Waals surface area contributed by atoms with E-state index >= 15 is 0 Å². The standard InChI is InChI=1S/C20H22N6O3/c27-19(24-15-5-3-14(4-6-15)20(28)29)16-12-23-26-9-7-17(25-18(16)26)22-11-13-2-1-8-21-10-13/h1-2,7-10,12,14-15H,3-6,11H2,(H,22,25)(H,24,27)(H,28,29)/t14-,15-. The van der Waals surface area contributed by atoms with E-state index in [2.05, 4.69) is 25.7 Å². The van der Waals surface area contributed by atoms with Gasteiger partial charge >= 0.3 is 5.97 Å². The van der Waals surface area contributed by atoms with Crippen LogP contribution in [0.25, 0.3) is 5.65 Å². The van der Waals surface area contributed by atoms with Crippen molar-refractivity contribution in [2.24, 2.45) is 5.92 Å². The Hall–Kier alpha value is -3.49. The molecule has 0 aliphatic heterocycles. The molecule has 1 saturated carbocycles. The number of rotatable bonds is 6. The first kappa shape index (κ1) is 18.9. The summed E-state index contributed by atoms with van der Waals surface area (Å²) in [4.78, 5) is 32.4. The Morgan fingerprint density at radius 3 is 2.72 bits per heavy atom. The summed E-state index contributed by atoms with van der Waals surface area (Å²) >= 11 is 0. The van der Waals surface area contributed by atoms with Gasteiger partial charge in [-0.05, 0) is 43.4 Å². The molecule has 9 heteroatoms. The number of carbonyl (C=O) groups excluding carboxylic acids is 1. The van der Waals surface area contributed by atoms with Crippen LogP contribution in [0.3, 0.4) is 0 Å². The number of carboxylic acids is 1. The lowest BCUT2D eigenvalue weighted by molar-refractivity contribution is -0.142. The molecule has 0 bridgehead atoms. The highest BCUT2D eigenvalue weighted by Gasteiger charge is 2.27. The number of hydrogen-bond donors (Lipinski definition) is 3. The Kier molecular flexibility index (Phi) is 5.37. The molecule has 3 aromatic heterocycles. The number of pyridine rings is 1. The van der Waals surface area contributed by atoms with E-state index in [0.29, 0.717) is 49.3 Å². The van der Waals surface area contributed by atoms with E-state index in [0.717, 1.165) is 5.56 Å². The van der Waals surface area contributed by atoms with Crippen LogP contribution in [-0.2, 0) is 11.3 Å². The van der Waals surface area contributed by atoms with Crippen LogP contribution in [0.2, 0.25) is 0 Å². The molecule has 3 aromatic rings. The first-order valence-electron chi connectivity index (χ1n) is 9.61. The van der Waals surface area contributed by atoms with E-state index in [9.17, 15) is 9.59 Å². The number of amides is 1. The lowest BCUT2D eigenvalue weighted by atomic mass is 9.86. The van der Waals surface area contributed by atoms with Gasteiger partial charge in [0, 0.05) is 31.2 Å². The van der Waals surface area contributed by atoms with E-state index in [-0.39, 0.29) is 17.9 Å². The maximum atomic E-state index is 12.7. The molecule has 0 atom stereocenters. The molecule has 150 valence electrons. The van der Waals surface area contributed by atoms with Crippen LogP contribution in [0.5, 0.6) is 0 Å². The van der Waals surface area contributed by atoms with Crippen LogP contribution in [0.1, 0.15) is 41.6 Å². The molecule has 9 nitrogen and oxygen atoms in total. The van der Waals surface area contributed by atoms with Crippen molar-refractivity contribution in [3.05, 3.63) is 54.1 Å². The van der Waals surface area contributed by atoms with E-state index in [1.54, 1.807) is 29.2 Å². The number of carbonyl (C=O) groups is 2. The number of anilines is 1. The number of nitrogens with one attached hydrogen (secondary N) is 2. The van der Waals surface area contributed by atoms with Crippen molar-refractivity contribution in [1.29, 1.82) is 0 Å². The maximum Gasteiger partial charge on any atom is 0.306 e. The molecule has 3 heterocycles. The summed E-state index contributed by atoms with van der Waals surface area (Å²) in [5.41, 5.74) is 1.89. The fourth-order valence-electron chi connectivity index (χ4n) is 3.57. The van der Waals surface area contributed by atoms with Gasteiger partial charge in [0.25, 0.3) is 5.91 Å². The third-order valence-corrected chi connectivity index (χ3v) is 5.22. The highest BCUT2D eigenvalue weighted by Crippen LogP contribution is 2.25. The van der Waals surface area contributed by atoms with Crippen LogP contribution in [0.4, 0.5) is 5.82 Å². The minimum absolute atomic E-state index is 0.0278. The summed E-state index contributed by atoms with van der Waals surface area (Å²) in [5, 5.41) is 19.5. The van der Waals surface area contributed by atoms with Crippen LogP contribution in [0, 0.1) is 5.92 Å². The Morgan fingerprint density at radius 2 is 2.00 bits per heavy atom. The molecule has 4 rings (SSSR count). The van der Waals surface area contributed by atoms with Gasteiger partial charge in [-0.3, -0.25) is 14.6 Å². The van der Waals surface area contributed by atoms with Gasteiger partial charge in [-0.1, -0.05) is 6.07 Å². The van der Waals surface area contributed by atoms with Crippen LogP contribution in [-0.4, -0.2) is 42.6 Å². The molecule has 1 aliphatic carbocycles. The average molecular weight is 394 g/mol. The first-order valence-corrected chi connectivity index (χ1v) is 9.61. The highest BCUT2D eigenvalue weighted by atomic mass is 16.4. The summed E-state index contributed by atoms with van der Waals surface area (Å²) in [5.74, 6) is -0.670. The monoisotopic (exact) mass is 394 g/mol. The number of carboxylic acid groups (broad SMARTS) is 1. The van der Waals surface area contributed by atoms with Crippen LogP contribution in [0.15, 0.2) is 43.0 Å². The van der Waals surface area contributed by atoms with Crippen molar-refractivity contribution in [1.82, 2.24) is 24.9 Å². The smallest absolute Gasteiger partial charge is 0.306 e. The molecule has 0 radical (unpaired) electrons. The van der Waals surface area contributed by atoms with Crippen molar-refractivity contribution >= 4 is 23.3 Å². The van der Waals surface area contributed by atoms with Gasteiger partial charge in [0.1, 0.15) is 11.4 Å². The Bertz CT molecular complexity index is 1010. The SMILES string of the molecule is O=C(N[C@H]1CC[C@H](C(=O)O)CC1)c1cnn2ccc(NCc3cccnc3)nc12. The van der Waals surface area contributed by atoms with Gasteiger partial charge in [-0.15, -0.1) is 0 Å². The quantitative estimate of drug-likeness (QED) is 0.585. The summed E-state index contributed by atoms with van der Waals surface area (Å²) in [6.07, 6.45) is 9.24. The Morgan fingerprint density at radius 1 is 1.17 bits per heavy atom. The normalized spacial score (nSPS) is 19.0. The molecule has 0 unspecified atom stereocenters. The fraction of sp³-hybridized carbons (Fsp3) is 0.350. The minimum Gasteiger partial charge on any atom is -0.481 e. The summed E-state index contributed by atoms with van der Waals surface area (Å²) < 4.78 is 1.56. The molecule has 1 fully saturated rings. The zero-order valence-electron chi connectivity index (χ0n) is 15.8. The van der Waals surface area contributed by atoms with Gasteiger partial charge in [0.15, 0.2) is 5.65 Å². The third kappa shape index (κ3) is 4.34. The highest BCUT2D eigenvalue weighted by molar-refractivity contribution is 5.99. The fourth-order valence-corrected chi connectivity index (χ4v) is 3.57. The average Bonchev–Trinajstić information content (AvgIpc) is 3.17. The molecular formula is C20H22N6O3. The lowest BCUT2D eigenvalue weighted by Gasteiger charge is -2.26. The largest absolute Gasteiger partial charge is 0.481 e. The third-order valence-electron chi connectivity index (χ3n) is 5.22. The van der Waals surface area contributed by atoms with Crippen molar-refractivity contribution < 1.29 is 14.7 Å². The molecule has 3 N–H and O–H groups in total. The molecular weight excluding hydrogens is 372 g/mol. The second-order valence-corrected chi connectivity index (χ2v) is 7.21. The van der Waals surface area contributed by atoms with Crippen molar-refractivity contribution in [2.45, 2.75) is 38.3 Å². The number of hydrogen-bond acceptors (Lipinski definition) is 6. The molecule has 1 amide bonds. The van der Waals surface area contributed by atoms with E-state index in [1.807, 2.05) is 12.1 Å². The van der Waals surface area contributed by atoms with E-state index in [1.165, 1.54) is 6.20 Å². The second kappa shape index (κ2) is 8.26. The zero-order chi connectivity index (χ0) is 20.2. The van der Waals surface area contributed by atoms with Gasteiger partial charge in [-0.25, -0.2) is 9.50 Å². The summed E-state index contributed by atoms with van der Waals surface area (Å²) in [7, 11) is 0. The lowest BCUT2D eigenvalue weighted by Crippen LogP contribution is -2.38. The number of aliphatic carboxylic acids is 1. The van der Waals surface area contributed by atoms with Gasteiger partial charge in [-0.2, -0.15) is 5.10 Å². The van der Waals surface area contributed by atoms with E-state index in [4.69, 9.17) is 5.11 Å². The summed E-state index contributed by atoms with van der Waals surface area (Å²) in [6, 6.07) is 5.61. The number of aromatic nitrogens is 4. The van der Waals surface area contributed by atoms with Gasteiger partial charge in [0.05, 0.1) is 12.1 Å². The predicted molar refractivity (Wildman–Crippen MR) is 105 cm³/mol. The Labute approximate surface area is 167 Å². The topological polar surface area (TPSA) is 122 Å². The maximum absolute atomic E-state index is 12.7. The first-order chi connectivity index (χ1) is 14.1.